The highest BCUT2D eigenvalue weighted by atomic mass is 32.1. The molecule has 0 bridgehead atoms. The molecule has 2 nitrogen and oxygen atoms in total. The van der Waals surface area contributed by atoms with E-state index < -0.39 is 0 Å². The number of nitrogens with zero attached hydrogens (tertiary/aromatic N) is 1. The van der Waals surface area contributed by atoms with Crippen LogP contribution >= 0.6 is 11.3 Å². The number of hydrogen-bond acceptors (Lipinski definition) is 3. The standard InChI is InChI=1S/C12H22N2S/c1-3-14(7-6-11(2)9-13)10-12-5-4-8-15-12/h4-5,8,11H,3,6-7,9-10,13H2,1-2H3. The van der Waals surface area contributed by atoms with Crippen LogP contribution in [-0.2, 0) is 6.54 Å². The van der Waals surface area contributed by atoms with Crippen molar-refractivity contribution in [3.63, 3.8) is 0 Å². The maximum atomic E-state index is 5.62. The van der Waals surface area contributed by atoms with Gasteiger partial charge in [0.05, 0.1) is 0 Å². The molecule has 2 N–H and O–H groups in total. The Labute approximate surface area is 97.1 Å². The van der Waals surface area contributed by atoms with Crippen molar-refractivity contribution in [1.29, 1.82) is 0 Å². The van der Waals surface area contributed by atoms with E-state index in [0.717, 1.165) is 26.2 Å². The lowest BCUT2D eigenvalue weighted by Crippen LogP contribution is -2.26. The first-order chi connectivity index (χ1) is 7.26. The molecular weight excluding hydrogens is 204 g/mol. The van der Waals surface area contributed by atoms with E-state index in [1.165, 1.54) is 11.3 Å². The predicted molar refractivity (Wildman–Crippen MR) is 68.1 cm³/mol. The molecule has 1 rings (SSSR count). The normalized spacial score (nSPS) is 13.3. The SMILES string of the molecule is CCN(CCC(C)CN)Cc1cccs1. The van der Waals surface area contributed by atoms with Gasteiger partial charge in [0.2, 0.25) is 0 Å². The number of hydrogen-bond donors (Lipinski definition) is 1. The van der Waals surface area contributed by atoms with Gasteiger partial charge in [0.15, 0.2) is 0 Å². The molecule has 0 aromatic carbocycles. The fourth-order valence-electron chi connectivity index (χ4n) is 1.49. The van der Waals surface area contributed by atoms with Gasteiger partial charge in [-0.15, -0.1) is 11.3 Å². The maximum absolute atomic E-state index is 5.62. The molecule has 0 aliphatic carbocycles. The Balaban J connectivity index is 2.30. The molecule has 86 valence electrons. The summed E-state index contributed by atoms with van der Waals surface area (Å²) in [5.41, 5.74) is 5.62. The van der Waals surface area contributed by atoms with Crippen LogP contribution in [0.3, 0.4) is 0 Å². The van der Waals surface area contributed by atoms with Crippen molar-refractivity contribution >= 4 is 11.3 Å². The van der Waals surface area contributed by atoms with Crippen molar-refractivity contribution in [2.45, 2.75) is 26.8 Å². The van der Waals surface area contributed by atoms with E-state index in [9.17, 15) is 0 Å². The van der Waals surface area contributed by atoms with Gasteiger partial charge in [-0.05, 0) is 43.4 Å². The van der Waals surface area contributed by atoms with Crippen LogP contribution in [0.4, 0.5) is 0 Å². The average Bonchev–Trinajstić information content (AvgIpc) is 2.76. The third-order valence-corrected chi connectivity index (χ3v) is 3.61. The summed E-state index contributed by atoms with van der Waals surface area (Å²) in [6.07, 6.45) is 1.20. The lowest BCUT2D eigenvalue weighted by atomic mass is 10.1. The summed E-state index contributed by atoms with van der Waals surface area (Å²) in [5, 5.41) is 2.14. The van der Waals surface area contributed by atoms with E-state index >= 15 is 0 Å². The molecule has 1 aromatic rings. The summed E-state index contributed by atoms with van der Waals surface area (Å²) in [5.74, 6) is 0.641. The van der Waals surface area contributed by atoms with Gasteiger partial charge in [0.25, 0.3) is 0 Å². The molecule has 1 unspecified atom stereocenters. The summed E-state index contributed by atoms with van der Waals surface area (Å²) in [7, 11) is 0. The summed E-state index contributed by atoms with van der Waals surface area (Å²) >= 11 is 1.84. The Kier molecular flexibility index (Phi) is 5.91. The summed E-state index contributed by atoms with van der Waals surface area (Å²) < 4.78 is 0. The predicted octanol–water partition coefficient (Wildman–Crippen LogP) is 2.55. The van der Waals surface area contributed by atoms with E-state index in [1.807, 2.05) is 11.3 Å². The molecule has 0 spiro atoms. The molecule has 1 aromatic heterocycles. The Morgan fingerprint density at radius 2 is 2.33 bits per heavy atom. The topological polar surface area (TPSA) is 29.3 Å². The fraction of sp³-hybridized carbons (Fsp3) is 0.667. The Hall–Kier alpha value is -0.380. The number of nitrogens with two attached hydrogens (primary N) is 1. The van der Waals surface area contributed by atoms with E-state index in [2.05, 4.69) is 36.3 Å². The number of rotatable bonds is 7. The Bertz CT molecular complexity index is 246. The maximum Gasteiger partial charge on any atom is 0.0327 e. The highest BCUT2D eigenvalue weighted by molar-refractivity contribution is 7.09. The van der Waals surface area contributed by atoms with Crippen molar-refractivity contribution in [3.8, 4) is 0 Å². The van der Waals surface area contributed by atoms with Gasteiger partial charge < -0.3 is 5.73 Å². The highest BCUT2D eigenvalue weighted by Gasteiger charge is 2.06. The lowest BCUT2D eigenvalue weighted by molar-refractivity contribution is 0.262. The molecule has 0 radical (unpaired) electrons. The van der Waals surface area contributed by atoms with Gasteiger partial charge in [0, 0.05) is 11.4 Å². The van der Waals surface area contributed by atoms with Crippen molar-refractivity contribution in [1.82, 2.24) is 4.90 Å². The average molecular weight is 226 g/mol. The molecule has 0 fully saturated rings. The zero-order valence-electron chi connectivity index (χ0n) is 9.78. The van der Waals surface area contributed by atoms with Crippen LogP contribution in [0.2, 0.25) is 0 Å². The molecular formula is C12H22N2S. The van der Waals surface area contributed by atoms with Gasteiger partial charge in [-0.2, -0.15) is 0 Å². The van der Waals surface area contributed by atoms with Crippen LogP contribution in [0.15, 0.2) is 17.5 Å². The molecule has 3 heteroatoms. The van der Waals surface area contributed by atoms with E-state index in [1.54, 1.807) is 0 Å². The second kappa shape index (κ2) is 6.99. The minimum atomic E-state index is 0.641. The minimum Gasteiger partial charge on any atom is -0.330 e. The fourth-order valence-corrected chi connectivity index (χ4v) is 2.24. The van der Waals surface area contributed by atoms with Crippen LogP contribution in [0.25, 0.3) is 0 Å². The van der Waals surface area contributed by atoms with Crippen LogP contribution in [0, 0.1) is 5.92 Å². The smallest absolute Gasteiger partial charge is 0.0327 e. The van der Waals surface area contributed by atoms with Crippen molar-refractivity contribution in [2.24, 2.45) is 11.7 Å². The first-order valence-corrected chi connectivity index (χ1v) is 6.59. The second-order valence-electron chi connectivity index (χ2n) is 4.08. The Morgan fingerprint density at radius 3 is 2.87 bits per heavy atom. The molecule has 15 heavy (non-hydrogen) atoms. The van der Waals surface area contributed by atoms with E-state index in [4.69, 9.17) is 5.73 Å². The summed E-state index contributed by atoms with van der Waals surface area (Å²) in [6.45, 7) is 8.61. The van der Waals surface area contributed by atoms with Gasteiger partial charge >= 0.3 is 0 Å². The molecule has 0 amide bonds. The van der Waals surface area contributed by atoms with Crippen molar-refractivity contribution in [3.05, 3.63) is 22.4 Å². The first kappa shape index (κ1) is 12.7. The molecule has 0 saturated heterocycles. The van der Waals surface area contributed by atoms with Gasteiger partial charge in [-0.3, -0.25) is 4.90 Å². The van der Waals surface area contributed by atoms with E-state index in [-0.39, 0.29) is 0 Å². The van der Waals surface area contributed by atoms with Gasteiger partial charge in [0.1, 0.15) is 0 Å². The number of thiophene rings is 1. The lowest BCUT2D eigenvalue weighted by Gasteiger charge is -2.21. The Morgan fingerprint density at radius 1 is 1.53 bits per heavy atom. The molecule has 1 atom stereocenters. The second-order valence-corrected chi connectivity index (χ2v) is 5.11. The summed E-state index contributed by atoms with van der Waals surface area (Å²) in [4.78, 5) is 3.94. The molecule has 1 heterocycles. The largest absolute Gasteiger partial charge is 0.330 e. The first-order valence-electron chi connectivity index (χ1n) is 5.71. The molecule has 0 aliphatic rings. The zero-order valence-corrected chi connectivity index (χ0v) is 10.6. The van der Waals surface area contributed by atoms with Crippen LogP contribution in [0.1, 0.15) is 25.1 Å². The zero-order chi connectivity index (χ0) is 11.1. The van der Waals surface area contributed by atoms with Crippen molar-refractivity contribution in [2.75, 3.05) is 19.6 Å². The van der Waals surface area contributed by atoms with E-state index in [0.29, 0.717) is 5.92 Å². The monoisotopic (exact) mass is 226 g/mol. The quantitative estimate of drug-likeness (QED) is 0.774. The molecule has 0 saturated carbocycles. The summed E-state index contributed by atoms with van der Waals surface area (Å²) in [6, 6.07) is 4.33. The van der Waals surface area contributed by atoms with Gasteiger partial charge in [-0.25, -0.2) is 0 Å². The van der Waals surface area contributed by atoms with Crippen LogP contribution < -0.4 is 5.73 Å². The third kappa shape index (κ3) is 4.78. The van der Waals surface area contributed by atoms with Gasteiger partial charge in [-0.1, -0.05) is 19.9 Å². The third-order valence-electron chi connectivity index (χ3n) is 2.75. The minimum absolute atomic E-state index is 0.641. The van der Waals surface area contributed by atoms with Crippen molar-refractivity contribution < 1.29 is 0 Å². The highest BCUT2D eigenvalue weighted by Crippen LogP contribution is 2.12. The van der Waals surface area contributed by atoms with Crippen LogP contribution in [-0.4, -0.2) is 24.5 Å². The molecule has 0 aliphatic heterocycles. The van der Waals surface area contributed by atoms with Crippen LogP contribution in [0.5, 0.6) is 0 Å².